The fourth-order valence-electron chi connectivity index (χ4n) is 7.54. The highest BCUT2D eigenvalue weighted by molar-refractivity contribution is 5.82. The SMILES string of the molecule is C#Cc1cc(-c2c(C)cccc2C)c(F)c([C@H](CC(=O)O)NC(=O)[C@H](CC(C)C)n2cc(C3CCN(C[C@H]4CC4(F)F)CC3)c(C(F)(F)F)cc2=O)c1F. The number of piperidine rings is 1. The number of hydrogen-bond donors (Lipinski definition) is 2. The number of rotatable bonds is 12. The summed E-state index contributed by atoms with van der Waals surface area (Å²) >= 11 is 0. The Kier molecular flexibility index (Phi) is 11.7. The van der Waals surface area contributed by atoms with Crippen molar-refractivity contribution in [3.8, 4) is 23.5 Å². The number of benzene rings is 2. The molecular formula is C40H42F7N3O4. The Labute approximate surface area is 308 Å². The third kappa shape index (κ3) is 8.67. The second-order valence-corrected chi connectivity index (χ2v) is 14.9. The maximum atomic E-state index is 16.5. The number of carbonyl (C=O) groups is 2. The lowest BCUT2D eigenvalue weighted by Gasteiger charge is -2.34. The number of aromatic nitrogens is 1. The van der Waals surface area contributed by atoms with Crippen LogP contribution in [0.3, 0.4) is 0 Å². The van der Waals surface area contributed by atoms with Gasteiger partial charge < -0.3 is 19.9 Å². The van der Waals surface area contributed by atoms with Crippen molar-refractivity contribution in [2.24, 2.45) is 11.8 Å². The van der Waals surface area contributed by atoms with Gasteiger partial charge in [-0.1, -0.05) is 38.0 Å². The smallest absolute Gasteiger partial charge is 0.416 e. The number of halogens is 7. The van der Waals surface area contributed by atoms with E-state index in [0.29, 0.717) is 22.8 Å². The molecule has 3 aromatic rings. The van der Waals surface area contributed by atoms with E-state index in [-0.39, 0.29) is 62.4 Å². The van der Waals surface area contributed by atoms with Gasteiger partial charge in [0.2, 0.25) is 5.91 Å². The monoisotopic (exact) mass is 761 g/mol. The molecule has 2 aromatic carbocycles. The summed E-state index contributed by atoms with van der Waals surface area (Å²) in [6.07, 6.45) is 0.625. The van der Waals surface area contributed by atoms with Crippen molar-refractivity contribution in [2.45, 2.75) is 89.9 Å². The summed E-state index contributed by atoms with van der Waals surface area (Å²) in [7, 11) is 0. The van der Waals surface area contributed by atoms with E-state index in [4.69, 9.17) is 6.42 Å². The molecule has 0 unspecified atom stereocenters. The molecule has 1 aliphatic carbocycles. The van der Waals surface area contributed by atoms with Crippen molar-refractivity contribution < 1.29 is 45.4 Å². The number of carboxylic acids is 1. The largest absolute Gasteiger partial charge is 0.481 e. The normalized spacial score (nSPS) is 18.6. The number of amides is 1. The summed E-state index contributed by atoms with van der Waals surface area (Å²) in [5, 5.41) is 12.2. The van der Waals surface area contributed by atoms with Gasteiger partial charge in [-0.3, -0.25) is 14.4 Å². The Balaban J connectivity index is 1.55. The lowest BCUT2D eigenvalue weighted by Crippen LogP contribution is -2.41. The Hall–Kier alpha value is -4.64. The minimum absolute atomic E-state index is 0.118. The summed E-state index contributed by atoms with van der Waals surface area (Å²) in [5.41, 5.74) is -2.34. The Morgan fingerprint density at radius 2 is 1.69 bits per heavy atom. The maximum Gasteiger partial charge on any atom is 0.416 e. The van der Waals surface area contributed by atoms with Crippen molar-refractivity contribution >= 4 is 11.9 Å². The van der Waals surface area contributed by atoms with Crippen LogP contribution < -0.4 is 10.9 Å². The second kappa shape index (κ2) is 15.6. The molecule has 1 aromatic heterocycles. The van der Waals surface area contributed by atoms with E-state index >= 15 is 8.78 Å². The number of carboxylic acid groups (broad SMARTS) is 1. The number of nitrogens with one attached hydrogen (secondary N) is 1. The predicted molar refractivity (Wildman–Crippen MR) is 188 cm³/mol. The molecule has 1 amide bonds. The minimum atomic E-state index is -4.94. The molecule has 2 fully saturated rings. The van der Waals surface area contributed by atoms with E-state index in [2.05, 4.69) is 11.2 Å². The van der Waals surface area contributed by atoms with E-state index in [1.165, 1.54) is 0 Å². The highest BCUT2D eigenvalue weighted by Gasteiger charge is 2.57. The van der Waals surface area contributed by atoms with Gasteiger partial charge in [-0.25, -0.2) is 17.6 Å². The highest BCUT2D eigenvalue weighted by atomic mass is 19.4. The summed E-state index contributed by atoms with van der Waals surface area (Å²) in [6.45, 7) is 7.39. The second-order valence-electron chi connectivity index (χ2n) is 14.9. The highest BCUT2D eigenvalue weighted by Crippen LogP contribution is 2.49. The zero-order valence-electron chi connectivity index (χ0n) is 30.3. The van der Waals surface area contributed by atoms with E-state index in [1.807, 2.05) is 0 Å². The van der Waals surface area contributed by atoms with Gasteiger partial charge in [0.15, 0.2) is 0 Å². The molecule has 1 aliphatic heterocycles. The van der Waals surface area contributed by atoms with Crippen LogP contribution in [-0.4, -0.2) is 52.0 Å². The molecule has 2 aliphatic rings. The van der Waals surface area contributed by atoms with Gasteiger partial charge in [0.1, 0.15) is 17.7 Å². The summed E-state index contributed by atoms with van der Waals surface area (Å²) in [4.78, 5) is 41.5. The van der Waals surface area contributed by atoms with Crippen LogP contribution >= 0.6 is 0 Å². The number of nitrogens with zero attached hydrogens (tertiary/aromatic N) is 2. The Morgan fingerprint density at radius 1 is 1.07 bits per heavy atom. The summed E-state index contributed by atoms with van der Waals surface area (Å²) in [5.74, 6) is -7.48. The first-order valence-electron chi connectivity index (χ1n) is 17.7. The van der Waals surface area contributed by atoms with Gasteiger partial charge in [0.25, 0.3) is 11.5 Å². The zero-order valence-corrected chi connectivity index (χ0v) is 30.3. The lowest BCUT2D eigenvalue weighted by atomic mass is 9.87. The van der Waals surface area contributed by atoms with Crippen molar-refractivity contribution in [1.29, 1.82) is 0 Å². The van der Waals surface area contributed by atoms with Crippen LogP contribution in [0.5, 0.6) is 0 Å². The quantitative estimate of drug-likeness (QED) is 0.144. The minimum Gasteiger partial charge on any atom is -0.481 e. The standard InChI is InChI=1S/C40H42F7N3O4/c1-6-24-15-27(34-22(4)8-7-9-23(34)5)37(42)35(36(24)41)30(17-33(52)53)48-38(54)31(14-21(2)3)50-20-28(29(16-32(50)51)40(45,46)47)25-10-12-49(13-11-25)19-26-18-39(26,43)44/h1,7-9,15-16,20-21,25-26,30-31H,10-14,17-19H2,2-5H3,(H,48,54)(H,52,53)/t26-,30+,31+/m1/s1. The molecule has 2 heterocycles. The van der Waals surface area contributed by atoms with Crippen molar-refractivity contribution in [3.63, 3.8) is 0 Å². The van der Waals surface area contributed by atoms with Crippen molar-refractivity contribution in [2.75, 3.05) is 19.6 Å². The number of pyridine rings is 1. The number of alkyl halides is 5. The van der Waals surface area contributed by atoms with Crippen molar-refractivity contribution in [1.82, 2.24) is 14.8 Å². The van der Waals surface area contributed by atoms with Crippen LogP contribution in [0, 0.1) is 49.7 Å². The van der Waals surface area contributed by atoms with Crippen LogP contribution in [0.1, 0.15) is 97.3 Å². The van der Waals surface area contributed by atoms with E-state index < -0.39 is 88.2 Å². The Bertz CT molecular complexity index is 2010. The third-order valence-electron chi connectivity index (χ3n) is 10.4. The van der Waals surface area contributed by atoms with Gasteiger partial charge >= 0.3 is 12.1 Å². The average Bonchev–Trinajstić information content (AvgIpc) is 3.68. The van der Waals surface area contributed by atoms with Gasteiger partial charge in [0, 0.05) is 42.3 Å². The molecule has 14 heteroatoms. The molecule has 3 atom stereocenters. The van der Waals surface area contributed by atoms with Gasteiger partial charge in [0.05, 0.1) is 23.6 Å². The van der Waals surface area contributed by atoms with Gasteiger partial charge in [-0.05, 0) is 86.4 Å². The molecular weight excluding hydrogens is 719 g/mol. The van der Waals surface area contributed by atoms with Gasteiger partial charge in [-0.15, -0.1) is 6.42 Å². The molecule has 7 nitrogen and oxygen atoms in total. The number of aliphatic carboxylic acids is 1. The molecule has 0 radical (unpaired) electrons. The first kappa shape index (κ1) is 40.5. The molecule has 5 rings (SSSR count). The molecule has 1 saturated heterocycles. The average molecular weight is 762 g/mol. The number of aryl methyl sites for hydroxylation is 2. The zero-order chi connectivity index (χ0) is 39.9. The van der Waals surface area contributed by atoms with E-state index in [1.54, 1.807) is 50.8 Å². The molecule has 0 bridgehead atoms. The molecule has 2 N–H and O–H groups in total. The Morgan fingerprint density at radius 3 is 2.20 bits per heavy atom. The summed E-state index contributed by atoms with van der Waals surface area (Å²) < 4.78 is 104. The van der Waals surface area contributed by atoms with Crippen LogP contribution in [0.25, 0.3) is 11.1 Å². The van der Waals surface area contributed by atoms with Gasteiger partial charge in [-0.2, -0.15) is 13.2 Å². The van der Waals surface area contributed by atoms with Crippen LogP contribution in [0.15, 0.2) is 41.3 Å². The fourth-order valence-corrected chi connectivity index (χ4v) is 7.54. The fraction of sp³-hybridized carbons (Fsp3) is 0.475. The maximum absolute atomic E-state index is 16.5. The molecule has 0 spiro atoms. The van der Waals surface area contributed by atoms with Crippen molar-refractivity contribution in [3.05, 3.63) is 91.9 Å². The molecule has 290 valence electrons. The molecule has 54 heavy (non-hydrogen) atoms. The van der Waals surface area contributed by atoms with E-state index in [9.17, 15) is 41.4 Å². The molecule has 1 saturated carbocycles. The summed E-state index contributed by atoms with van der Waals surface area (Å²) in [6, 6.07) is 3.29. The lowest BCUT2D eigenvalue weighted by molar-refractivity contribution is -0.139. The topological polar surface area (TPSA) is 91.6 Å². The number of carbonyl (C=O) groups excluding carboxylic acids is 1. The van der Waals surface area contributed by atoms with Crippen LogP contribution in [-0.2, 0) is 15.8 Å². The number of hydrogen-bond acceptors (Lipinski definition) is 4. The van der Waals surface area contributed by atoms with E-state index in [0.717, 1.165) is 16.8 Å². The predicted octanol–water partition coefficient (Wildman–Crippen LogP) is 8.16. The first-order chi connectivity index (χ1) is 25.2. The number of terminal acetylenes is 1. The third-order valence-corrected chi connectivity index (χ3v) is 10.4. The first-order valence-corrected chi connectivity index (χ1v) is 17.7. The number of likely N-dealkylation sites (tertiary alicyclic amines) is 1. The van der Waals surface area contributed by atoms with Crippen LogP contribution in [0.2, 0.25) is 0 Å². The van der Waals surface area contributed by atoms with Crippen LogP contribution in [0.4, 0.5) is 30.7 Å².